The highest BCUT2D eigenvalue weighted by Gasteiger charge is 2.21. The first-order valence-electron chi connectivity index (χ1n) is 4.90. The number of ether oxygens (including phenoxy) is 1. The summed E-state index contributed by atoms with van der Waals surface area (Å²) in [6.07, 6.45) is 2.47. The van der Waals surface area contributed by atoms with Crippen molar-refractivity contribution in [1.29, 1.82) is 0 Å². The molecule has 2 rings (SSSR count). The standard InChI is InChI=1S/C11H14FNO/c12-10-3-9(6-13)4-11(5-10)14-7-8-1-2-8/h3-5,8H,1-2,6-7,13H2. The van der Waals surface area contributed by atoms with E-state index in [1.807, 2.05) is 0 Å². The van der Waals surface area contributed by atoms with E-state index in [-0.39, 0.29) is 5.82 Å². The van der Waals surface area contributed by atoms with Crippen LogP contribution in [-0.4, -0.2) is 6.61 Å². The highest BCUT2D eigenvalue weighted by atomic mass is 19.1. The van der Waals surface area contributed by atoms with Crippen LogP contribution in [0.3, 0.4) is 0 Å². The van der Waals surface area contributed by atoms with Gasteiger partial charge >= 0.3 is 0 Å². The van der Waals surface area contributed by atoms with Crippen molar-refractivity contribution < 1.29 is 9.13 Å². The fourth-order valence-electron chi connectivity index (χ4n) is 1.32. The second-order valence-electron chi connectivity index (χ2n) is 3.75. The van der Waals surface area contributed by atoms with Crippen LogP contribution in [0.4, 0.5) is 4.39 Å². The van der Waals surface area contributed by atoms with Gasteiger partial charge in [-0.3, -0.25) is 0 Å². The quantitative estimate of drug-likeness (QED) is 0.798. The van der Waals surface area contributed by atoms with E-state index in [2.05, 4.69) is 0 Å². The minimum Gasteiger partial charge on any atom is -0.493 e. The molecule has 0 spiro atoms. The molecule has 1 aliphatic rings. The van der Waals surface area contributed by atoms with Crippen LogP contribution in [0.5, 0.6) is 5.75 Å². The highest BCUT2D eigenvalue weighted by Crippen LogP contribution is 2.29. The molecule has 0 unspecified atom stereocenters. The molecule has 0 radical (unpaired) electrons. The summed E-state index contributed by atoms with van der Waals surface area (Å²) in [5, 5.41) is 0. The van der Waals surface area contributed by atoms with Crippen LogP contribution < -0.4 is 10.5 Å². The van der Waals surface area contributed by atoms with Crippen LogP contribution in [0.25, 0.3) is 0 Å². The number of hydrogen-bond donors (Lipinski definition) is 1. The van der Waals surface area contributed by atoms with E-state index in [0.717, 1.165) is 5.56 Å². The Morgan fingerprint density at radius 2 is 2.14 bits per heavy atom. The lowest BCUT2D eigenvalue weighted by molar-refractivity contribution is 0.298. The molecule has 0 atom stereocenters. The van der Waals surface area contributed by atoms with Crippen molar-refractivity contribution in [1.82, 2.24) is 0 Å². The first-order valence-corrected chi connectivity index (χ1v) is 4.90. The highest BCUT2D eigenvalue weighted by molar-refractivity contribution is 5.29. The molecule has 0 bridgehead atoms. The van der Waals surface area contributed by atoms with E-state index in [1.165, 1.54) is 25.0 Å². The van der Waals surface area contributed by atoms with Gasteiger partial charge in [0, 0.05) is 12.6 Å². The van der Waals surface area contributed by atoms with Crippen molar-refractivity contribution in [3.05, 3.63) is 29.6 Å². The lowest BCUT2D eigenvalue weighted by Gasteiger charge is -2.06. The third kappa shape index (κ3) is 2.45. The summed E-state index contributed by atoms with van der Waals surface area (Å²) in [7, 11) is 0. The molecular weight excluding hydrogens is 181 g/mol. The largest absolute Gasteiger partial charge is 0.493 e. The first kappa shape index (κ1) is 9.46. The second-order valence-corrected chi connectivity index (χ2v) is 3.75. The van der Waals surface area contributed by atoms with Gasteiger partial charge in [0.25, 0.3) is 0 Å². The van der Waals surface area contributed by atoms with Crippen LogP contribution in [0.1, 0.15) is 18.4 Å². The van der Waals surface area contributed by atoms with Gasteiger partial charge < -0.3 is 10.5 Å². The molecule has 1 aromatic carbocycles. The lowest BCUT2D eigenvalue weighted by Crippen LogP contribution is -2.02. The summed E-state index contributed by atoms with van der Waals surface area (Å²) >= 11 is 0. The predicted molar refractivity (Wildman–Crippen MR) is 52.5 cm³/mol. The topological polar surface area (TPSA) is 35.2 Å². The van der Waals surface area contributed by atoms with Crippen molar-refractivity contribution in [2.45, 2.75) is 19.4 Å². The number of rotatable bonds is 4. The normalized spacial score (nSPS) is 15.6. The smallest absolute Gasteiger partial charge is 0.127 e. The molecule has 14 heavy (non-hydrogen) atoms. The molecule has 2 N–H and O–H groups in total. The van der Waals surface area contributed by atoms with Gasteiger partial charge in [0.05, 0.1) is 6.61 Å². The molecule has 3 heteroatoms. The summed E-state index contributed by atoms with van der Waals surface area (Å²) in [6.45, 7) is 1.05. The van der Waals surface area contributed by atoms with Crippen LogP contribution in [-0.2, 0) is 6.54 Å². The summed E-state index contributed by atoms with van der Waals surface area (Å²) in [4.78, 5) is 0. The Balaban J connectivity index is 2.03. The van der Waals surface area contributed by atoms with E-state index in [9.17, 15) is 4.39 Å². The zero-order valence-corrected chi connectivity index (χ0v) is 8.00. The van der Waals surface area contributed by atoms with Crippen LogP contribution >= 0.6 is 0 Å². The summed E-state index contributed by atoms with van der Waals surface area (Å²) < 4.78 is 18.5. The van der Waals surface area contributed by atoms with E-state index >= 15 is 0 Å². The third-order valence-corrected chi connectivity index (χ3v) is 2.35. The fourth-order valence-corrected chi connectivity index (χ4v) is 1.32. The van der Waals surface area contributed by atoms with Crippen LogP contribution in [0.15, 0.2) is 18.2 Å². The molecule has 1 fully saturated rings. The molecule has 1 aromatic rings. The summed E-state index contributed by atoms with van der Waals surface area (Å²) in [6, 6.07) is 4.64. The Labute approximate surface area is 82.9 Å². The summed E-state index contributed by atoms with van der Waals surface area (Å²) in [5.41, 5.74) is 6.21. The van der Waals surface area contributed by atoms with E-state index < -0.39 is 0 Å². The zero-order valence-electron chi connectivity index (χ0n) is 8.00. The Morgan fingerprint density at radius 3 is 2.79 bits per heavy atom. The maximum Gasteiger partial charge on any atom is 0.127 e. The molecule has 0 aromatic heterocycles. The van der Waals surface area contributed by atoms with Crippen LogP contribution in [0.2, 0.25) is 0 Å². The Kier molecular flexibility index (Phi) is 2.68. The summed E-state index contributed by atoms with van der Waals surface area (Å²) in [5.74, 6) is 0.996. The van der Waals surface area contributed by atoms with Gasteiger partial charge in [0.1, 0.15) is 11.6 Å². The van der Waals surface area contributed by atoms with E-state index in [0.29, 0.717) is 24.8 Å². The third-order valence-electron chi connectivity index (χ3n) is 2.35. The van der Waals surface area contributed by atoms with Crippen molar-refractivity contribution in [3.8, 4) is 5.75 Å². The number of halogens is 1. The van der Waals surface area contributed by atoms with Gasteiger partial charge in [0.15, 0.2) is 0 Å². The Bertz CT molecular complexity index is 323. The molecule has 2 nitrogen and oxygen atoms in total. The Morgan fingerprint density at radius 1 is 1.36 bits per heavy atom. The SMILES string of the molecule is NCc1cc(F)cc(OCC2CC2)c1. The van der Waals surface area contributed by atoms with Crippen LogP contribution in [0, 0.1) is 11.7 Å². The maximum atomic E-state index is 13.0. The second kappa shape index (κ2) is 3.96. The van der Waals surface area contributed by atoms with Crippen molar-refractivity contribution in [3.63, 3.8) is 0 Å². The molecule has 0 amide bonds. The molecule has 0 heterocycles. The number of nitrogens with two attached hydrogens (primary N) is 1. The average molecular weight is 195 g/mol. The zero-order chi connectivity index (χ0) is 9.97. The van der Waals surface area contributed by atoms with Crippen molar-refractivity contribution in [2.75, 3.05) is 6.61 Å². The van der Waals surface area contributed by atoms with Gasteiger partial charge in [-0.25, -0.2) is 4.39 Å². The van der Waals surface area contributed by atoms with Gasteiger partial charge in [-0.05, 0) is 36.5 Å². The van der Waals surface area contributed by atoms with Gasteiger partial charge in [-0.15, -0.1) is 0 Å². The van der Waals surface area contributed by atoms with Crippen molar-refractivity contribution in [2.24, 2.45) is 11.7 Å². The lowest BCUT2D eigenvalue weighted by atomic mass is 10.2. The van der Waals surface area contributed by atoms with Gasteiger partial charge in [0.2, 0.25) is 0 Å². The molecule has 0 saturated heterocycles. The molecule has 1 aliphatic carbocycles. The predicted octanol–water partition coefficient (Wildman–Crippen LogP) is 2.07. The van der Waals surface area contributed by atoms with Gasteiger partial charge in [-0.1, -0.05) is 0 Å². The minimum atomic E-state index is -0.279. The van der Waals surface area contributed by atoms with E-state index in [4.69, 9.17) is 10.5 Å². The molecule has 0 aliphatic heterocycles. The number of hydrogen-bond acceptors (Lipinski definition) is 2. The minimum absolute atomic E-state index is 0.279. The van der Waals surface area contributed by atoms with Crippen molar-refractivity contribution >= 4 is 0 Å². The Hall–Kier alpha value is -1.09. The van der Waals surface area contributed by atoms with Gasteiger partial charge in [-0.2, -0.15) is 0 Å². The fraction of sp³-hybridized carbons (Fsp3) is 0.455. The first-order chi connectivity index (χ1) is 6.78. The maximum absolute atomic E-state index is 13.0. The van der Waals surface area contributed by atoms with E-state index in [1.54, 1.807) is 6.07 Å². The molecule has 1 saturated carbocycles. The number of benzene rings is 1. The molecule has 76 valence electrons. The average Bonchev–Trinajstić information content (AvgIpc) is 2.97. The molecular formula is C11H14FNO. The monoisotopic (exact) mass is 195 g/mol.